The molecule has 0 fully saturated rings. The van der Waals surface area contributed by atoms with Crippen LogP contribution in [0.2, 0.25) is 0 Å². The minimum absolute atomic E-state index is 0.0580. The van der Waals surface area contributed by atoms with Gasteiger partial charge in [0.25, 0.3) is 15.9 Å². The van der Waals surface area contributed by atoms with Gasteiger partial charge in [-0.2, -0.15) is 0 Å². The smallest absolute Gasteiger partial charge is 0.264 e. The molecule has 2 heterocycles. The zero-order valence-electron chi connectivity index (χ0n) is 11.7. The van der Waals surface area contributed by atoms with Crippen molar-refractivity contribution in [2.24, 2.45) is 5.73 Å². The summed E-state index contributed by atoms with van der Waals surface area (Å²) in [5.41, 5.74) is 5.17. The van der Waals surface area contributed by atoms with Gasteiger partial charge in [-0.3, -0.25) is 9.52 Å². The molecule has 0 spiro atoms. The average Bonchev–Trinajstić information content (AvgIpc) is 2.95. The van der Waals surface area contributed by atoms with Crippen LogP contribution in [0.5, 0.6) is 0 Å². The number of carbonyl (C=O) groups is 1. The van der Waals surface area contributed by atoms with Gasteiger partial charge < -0.3 is 5.73 Å². The number of thiazole rings is 1. The van der Waals surface area contributed by atoms with E-state index in [0.717, 1.165) is 16.2 Å². The van der Waals surface area contributed by atoms with Crippen molar-refractivity contribution in [3.05, 3.63) is 26.9 Å². The first-order chi connectivity index (χ1) is 9.70. The quantitative estimate of drug-likeness (QED) is 0.869. The van der Waals surface area contributed by atoms with E-state index in [-0.39, 0.29) is 15.7 Å². The number of nitrogens with two attached hydrogens (primary N) is 1. The maximum Gasteiger partial charge on any atom is 0.264 e. The summed E-state index contributed by atoms with van der Waals surface area (Å²) in [5, 5.41) is 0.310. The molecule has 2 aromatic heterocycles. The lowest BCUT2D eigenvalue weighted by atomic mass is 10.2. The number of aryl methyl sites for hydroxylation is 1. The van der Waals surface area contributed by atoms with Crippen molar-refractivity contribution in [1.29, 1.82) is 0 Å². The van der Waals surface area contributed by atoms with Crippen LogP contribution in [0, 0.1) is 6.92 Å². The first-order valence-electron chi connectivity index (χ1n) is 6.09. The number of sulfonamides is 1. The van der Waals surface area contributed by atoms with Crippen molar-refractivity contribution in [3.8, 4) is 0 Å². The predicted octanol–water partition coefficient (Wildman–Crippen LogP) is 2.54. The number of nitrogens with zero attached hydrogens (tertiary/aromatic N) is 1. The third kappa shape index (κ3) is 3.42. The summed E-state index contributed by atoms with van der Waals surface area (Å²) in [6.45, 7) is 5.65. The molecule has 1 amide bonds. The Kier molecular flexibility index (Phi) is 4.35. The Hall–Kier alpha value is -1.45. The number of amides is 1. The van der Waals surface area contributed by atoms with E-state index in [2.05, 4.69) is 9.71 Å². The predicted molar refractivity (Wildman–Crippen MR) is 84.6 cm³/mol. The van der Waals surface area contributed by atoms with E-state index >= 15 is 0 Å². The van der Waals surface area contributed by atoms with Gasteiger partial charge >= 0.3 is 0 Å². The molecular formula is C12H15N3O3S3. The lowest BCUT2D eigenvalue weighted by Crippen LogP contribution is -2.13. The van der Waals surface area contributed by atoms with Crippen LogP contribution < -0.4 is 10.5 Å². The Labute approximate surface area is 131 Å². The Morgan fingerprint density at radius 3 is 2.52 bits per heavy atom. The van der Waals surface area contributed by atoms with E-state index in [9.17, 15) is 13.2 Å². The van der Waals surface area contributed by atoms with E-state index in [1.807, 2.05) is 13.8 Å². The van der Waals surface area contributed by atoms with Crippen LogP contribution in [0.1, 0.15) is 39.2 Å². The number of thiophene rings is 1. The van der Waals surface area contributed by atoms with Crippen molar-refractivity contribution in [2.45, 2.75) is 31.6 Å². The highest BCUT2D eigenvalue weighted by Crippen LogP contribution is 2.30. The van der Waals surface area contributed by atoms with Gasteiger partial charge in [-0.15, -0.1) is 22.7 Å². The molecule has 3 N–H and O–H groups in total. The minimum Gasteiger partial charge on any atom is -0.365 e. The van der Waals surface area contributed by atoms with E-state index in [0.29, 0.717) is 10.0 Å². The van der Waals surface area contributed by atoms with E-state index < -0.39 is 15.9 Å². The molecule has 0 bridgehead atoms. The molecular weight excluding hydrogens is 330 g/mol. The molecule has 2 rings (SSSR count). The highest BCUT2D eigenvalue weighted by Gasteiger charge is 2.23. The molecule has 9 heteroatoms. The summed E-state index contributed by atoms with van der Waals surface area (Å²) in [4.78, 5) is 17.0. The van der Waals surface area contributed by atoms with Gasteiger partial charge in [-0.1, -0.05) is 13.8 Å². The van der Waals surface area contributed by atoms with Crippen LogP contribution in [0.25, 0.3) is 0 Å². The first-order valence-corrected chi connectivity index (χ1v) is 9.21. The zero-order valence-corrected chi connectivity index (χ0v) is 14.2. The van der Waals surface area contributed by atoms with Crippen LogP contribution in [0.3, 0.4) is 0 Å². The van der Waals surface area contributed by atoms with Gasteiger partial charge in [0, 0.05) is 16.0 Å². The van der Waals surface area contributed by atoms with Crippen LogP contribution >= 0.6 is 22.7 Å². The largest absolute Gasteiger partial charge is 0.365 e. The molecule has 2 aromatic rings. The minimum atomic E-state index is -3.77. The fraction of sp³-hybridized carbons (Fsp3) is 0.333. The molecule has 0 aromatic carbocycles. The number of hydrogen-bond acceptors (Lipinski definition) is 6. The Bertz CT molecular complexity index is 775. The summed E-state index contributed by atoms with van der Waals surface area (Å²) in [6, 6.07) is 1.29. The Balaban J connectivity index is 2.31. The SMILES string of the molecule is Cc1sc(C(N)=O)cc1S(=O)(=O)Nc1ncc(C(C)C)s1. The van der Waals surface area contributed by atoms with Crippen molar-refractivity contribution < 1.29 is 13.2 Å². The first kappa shape index (κ1) is 15.9. The molecule has 0 aliphatic rings. The molecule has 0 aliphatic carbocycles. The highest BCUT2D eigenvalue weighted by molar-refractivity contribution is 7.93. The summed E-state index contributed by atoms with van der Waals surface area (Å²) >= 11 is 2.35. The molecule has 0 saturated carbocycles. The number of carbonyl (C=O) groups excluding carboxylic acids is 1. The van der Waals surface area contributed by atoms with Crippen molar-refractivity contribution in [1.82, 2.24) is 4.98 Å². The maximum absolute atomic E-state index is 12.3. The number of aromatic nitrogens is 1. The van der Waals surface area contributed by atoms with Gasteiger partial charge in [-0.25, -0.2) is 13.4 Å². The van der Waals surface area contributed by atoms with Crippen molar-refractivity contribution in [3.63, 3.8) is 0 Å². The van der Waals surface area contributed by atoms with E-state index in [4.69, 9.17) is 5.73 Å². The number of hydrogen-bond donors (Lipinski definition) is 2. The number of primary amides is 1. The van der Waals surface area contributed by atoms with Crippen LogP contribution in [-0.4, -0.2) is 19.3 Å². The number of anilines is 1. The fourth-order valence-corrected chi connectivity index (χ4v) is 5.13. The van der Waals surface area contributed by atoms with Gasteiger partial charge in [0.2, 0.25) is 0 Å². The van der Waals surface area contributed by atoms with E-state index in [1.54, 1.807) is 13.1 Å². The number of rotatable bonds is 5. The standard InChI is InChI=1S/C12H15N3O3S3/c1-6(2)9-5-14-12(20-9)15-21(17,18)10-4-8(11(13)16)19-7(10)3/h4-6H,1-3H3,(H2,13,16)(H,14,15). The van der Waals surface area contributed by atoms with Crippen LogP contribution in [-0.2, 0) is 10.0 Å². The van der Waals surface area contributed by atoms with Gasteiger partial charge in [-0.05, 0) is 18.9 Å². The topological polar surface area (TPSA) is 102 Å². The lowest BCUT2D eigenvalue weighted by Gasteiger charge is -2.04. The molecule has 0 unspecified atom stereocenters. The zero-order chi connectivity index (χ0) is 15.8. The highest BCUT2D eigenvalue weighted by atomic mass is 32.2. The molecule has 21 heavy (non-hydrogen) atoms. The summed E-state index contributed by atoms with van der Waals surface area (Å²) in [5.74, 6) is -0.356. The van der Waals surface area contributed by atoms with E-state index in [1.165, 1.54) is 17.4 Å². The Morgan fingerprint density at radius 2 is 2.05 bits per heavy atom. The van der Waals surface area contributed by atoms with Gasteiger partial charge in [0.1, 0.15) is 4.90 Å². The second-order valence-electron chi connectivity index (χ2n) is 4.72. The Morgan fingerprint density at radius 1 is 1.38 bits per heavy atom. The monoisotopic (exact) mass is 345 g/mol. The number of nitrogens with one attached hydrogen (secondary N) is 1. The van der Waals surface area contributed by atoms with Crippen molar-refractivity contribution >= 4 is 43.7 Å². The third-order valence-electron chi connectivity index (χ3n) is 2.72. The molecule has 6 nitrogen and oxygen atoms in total. The fourth-order valence-electron chi connectivity index (χ4n) is 1.62. The lowest BCUT2D eigenvalue weighted by molar-refractivity contribution is 0.100. The van der Waals surface area contributed by atoms with Crippen LogP contribution in [0.4, 0.5) is 5.13 Å². The normalized spacial score (nSPS) is 11.8. The molecule has 0 radical (unpaired) electrons. The van der Waals surface area contributed by atoms with Gasteiger partial charge in [0.15, 0.2) is 5.13 Å². The molecule has 0 saturated heterocycles. The van der Waals surface area contributed by atoms with Crippen molar-refractivity contribution in [2.75, 3.05) is 4.72 Å². The summed E-state index contributed by atoms with van der Waals surface area (Å²) in [7, 11) is -3.77. The van der Waals surface area contributed by atoms with Gasteiger partial charge in [0.05, 0.1) is 4.88 Å². The average molecular weight is 345 g/mol. The summed E-state index contributed by atoms with van der Waals surface area (Å²) < 4.78 is 27.1. The third-order valence-corrected chi connectivity index (χ3v) is 6.72. The molecule has 0 aliphatic heterocycles. The van der Waals surface area contributed by atoms with Crippen LogP contribution in [0.15, 0.2) is 17.2 Å². The summed E-state index contributed by atoms with van der Waals surface area (Å²) in [6.07, 6.45) is 1.66. The second kappa shape index (κ2) is 5.74. The maximum atomic E-state index is 12.3. The second-order valence-corrected chi connectivity index (χ2v) is 8.69. The molecule has 114 valence electrons. The molecule has 0 atom stereocenters.